The average molecular weight is 245 g/mol. The van der Waals surface area contributed by atoms with E-state index in [0.717, 1.165) is 6.42 Å². The molecule has 0 fully saturated rings. The molecule has 0 saturated carbocycles. The predicted octanol–water partition coefficient (Wildman–Crippen LogP) is 0.690. The van der Waals surface area contributed by atoms with Gasteiger partial charge in [-0.15, -0.1) is 0 Å². The van der Waals surface area contributed by atoms with Gasteiger partial charge in [-0.25, -0.2) is 0 Å². The zero-order valence-corrected chi connectivity index (χ0v) is 10.8. The largest absolute Gasteiger partial charge is 0.409 e. The summed E-state index contributed by atoms with van der Waals surface area (Å²) in [7, 11) is 0. The summed E-state index contributed by atoms with van der Waals surface area (Å²) in [6.45, 7) is 6.75. The molecular formula is C11H23N3O3. The van der Waals surface area contributed by atoms with Gasteiger partial charge in [0.05, 0.1) is 12.5 Å². The molecule has 2 unspecified atom stereocenters. The average Bonchev–Trinajstić information content (AvgIpc) is 2.32. The highest BCUT2D eigenvalue weighted by atomic mass is 16.5. The minimum absolute atomic E-state index is 0.0482. The van der Waals surface area contributed by atoms with Gasteiger partial charge in [-0.2, -0.15) is 0 Å². The second-order valence-corrected chi connectivity index (χ2v) is 3.94. The van der Waals surface area contributed by atoms with E-state index < -0.39 is 5.92 Å². The number of hydrogen-bond acceptors (Lipinski definition) is 4. The highest BCUT2D eigenvalue weighted by Gasteiger charge is 2.23. The Labute approximate surface area is 102 Å². The summed E-state index contributed by atoms with van der Waals surface area (Å²) in [4.78, 5) is 11.9. The van der Waals surface area contributed by atoms with Crippen LogP contribution in [0.25, 0.3) is 0 Å². The van der Waals surface area contributed by atoms with Crippen molar-refractivity contribution in [3.63, 3.8) is 0 Å². The van der Waals surface area contributed by atoms with Crippen LogP contribution in [-0.4, -0.2) is 36.2 Å². The first kappa shape index (κ1) is 15.7. The molecule has 0 aromatic carbocycles. The minimum atomic E-state index is -0.575. The van der Waals surface area contributed by atoms with Gasteiger partial charge < -0.3 is 21.0 Å². The quantitative estimate of drug-likeness (QED) is 0.254. The predicted molar refractivity (Wildman–Crippen MR) is 65.9 cm³/mol. The summed E-state index contributed by atoms with van der Waals surface area (Å²) in [6.07, 6.45) is 1.34. The Kier molecular flexibility index (Phi) is 8.13. The first-order chi connectivity index (χ1) is 8.06. The lowest BCUT2D eigenvalue weighted by atomic mass is 10.0. The van der Waals surface area contributed by atoms with Crippen molar-refractivity contribution in [1.82, 2.24) is 5.32 Å². The van der Waals surface area contributed by atoms with E-state index >= 15 is 0 Å². The highest BCUT2D eigenvalue weighted by molar-refractivity contribution is 6.02. The molecule has 6 heteroatoms. The topological polar surface area (TPSA) is 96.9 Å². The summed E-state index contributed by atoms with van der Waals surface area (Å²) in [6, 6.07) is -0.0895. The van der Waals surface area contributed by atoms with E-state index in [-0.39, 0.29) is 17.8 Å². The third-order valence-electron chi connectivity index (χ3n) is 2.33. The lowest BCUT2D eigenvalue weighted by Crippen LogP contribution is -2.44. The molecule has 0 aliphatic heterocycles. The molecule has 17 heavy (non-hydrogen) atoms. The van der Waals surface area contributed by atoms with Crippen molar-refractivity contribution in [3.8, 4) is 0 Å². The normalized spacial score (nSPS) is 15.4. The van der Waals surface area contributed by atoms with Crippen molar-refractivity contribution in [2.45, 2.75) is 39.7 Å². The molecule has 100 valence electrons. The van der Waals surface area contributed by atoms with Crippen molar-refractivity contribution in [2.75, 3.05) is 13.2 Å². The van der Waals surface area contributed by atoms with Crippen molar-refractivity contribution >= 4 is 11.7 Å². The smallest absolute Gasteiger partial charge is 0.231 e. The first-order valence-electron chi connectivity index (χ1n) is 5.92. The van der Waals surface area contributed by atoms with Crippen LogP contribution < -0.4 is 11.1 Å². The number of amides is 1. The second-order valence-electron chi connectivity index (χ2n) is 3.94. The lowest BCUT2D eigenvalue weighted by molar-refractivity contribution is -0.124. The molecule has 0 spiro atoms. The molecule has 0 bridgehead atoms. The van der Waals surface area contributed by atoms with E-state index in [1.54, 1.807) is 0 Å². The van der Waals surface area contributed by atoms with Gasteiger partial charge in [0.15, 0.2) is 5.84 Å². The lowest BCUT2D eigenvalue weighted by Gasteiger charge is -2.18. The van der Waals surface area contributed by atoms with E-state index in [0.29, 0.717) is 19.6 Å². The van der Waals surface area contributed by atoms with Crippen LogP contribution in [0.4, 0.5) is 0 Å². The van der Waals surface area contributed by atoms with Crippen molar-refractivity contribution < 1.29 is 14.7 Å². The van der Waals surface area contributed by atoms with Crippen LogP contribution in [0, 0.1) is 5.92 Å². The molecule has 6 nitrogen and oxygen atoms in total. The monoisotopic (exact) mass is 245 g/mol. The number of rotatable bonds is 8. The molecule has 0 saturated heterocycles. The molecule has 0 rings (SSSR count). The number of nitrogens with two attached hydrogens (primary N) is 1. The van der Waals surface area contributed by atoms with Crippen molar-refractivity contribution in [2.24, 2.45) is 16.8 Å². The third kappa shape index (κ3) is 6.11. The third-order valence-corrected chi connectivity index (χ3v) is 2.33. The summed E-state index contributed by atoms with van der Waals surface area (Å²) in [5.74, 6) is -0.851. The summed E-state index contributed by atoms with van der Waals surface area (Å²) >= 11 is 0. The first-order valence-corrected chi connectivity index (χ1v) is 5.92. The number of oxime groups is 1. The number of carbonyl (C=O) groups is 1. The molecule has 0 aliphatic carbocycles. The van der Waals surface area contributed by atoms with Gasteiger partial charge in [0.2, 0.25) is 5.91 Å². The van der Waals surface area contributed by atoms with E-state index in [1.165, 1.54) is 0 Å². The van der Waals surface area contributed by atoms with E-state index in [9.17, 15) is 4.79 Å². The number of nitrogens with one attached hydrogen (secondary N) is 1. The zero-order chi connectivity index (χ0) is 13.3. The number of carbonyl (C=O) groups excluding carboxylic acids is 1. The van der Waals surface area contributed by atoms with Gasteiger partial charge in [0.1, 0.15) is 0 Å². The van der Waals surface area contributed by atoms with Crippen LogP contribution in [0.3, 0.4) is 0 Å². The summed E-state index contributed by atoms with van der Waals surface area (Å²) in [5, 5.41) is 14.3. The highest BCUT2D eigenvalue weighted by Crippen LogP contribution is 2.07. The number of nitrogens with zero attached hydrogens (tertiary/aromatic N) is 1. The van der Waals surface area contributed by atoms with Gasteiger partial charge in [-0.3, -0.25) is 4.79 Å². The SMILES string of the molecule is CCCC(C(=O)NC(C)COCC)C(N)=NO. The minimum Gasteiger partial charge on any atom is -0.409 e. The summed E-state index contributed by atoms with van der Waals surface area (Å²) in [5.41, 5.74) is 5.49. The second kappa shape index (κ2) is 8.81. The Hall–Kier alpha value is -1.30. The van der Waals surface area contributed by atoms with Crippen LogP contribution in [0.15, 0.2) is 5.16 Å². The molecule has 0 aromatic heterocycles. The maximum Gasteiger partial charge on any atom is 0.231 e. The molecule has 1 amide bonds. The Bertz CT molecular complexity index is 256. The Morgan fingerprint density at radius 3 is 2.65 bits per heavy atom. The maximum atomic E-state index is 11.9. The molecule has 2 atom stereocenters. The zero-order valence-electron chi connectivity index (χ0n) is 10.8. The molecular weight excluding hydrogens is 222 g/mol. The van der Waals surface area contributed by atoms with E-state index in [4.69, 9.17) is 15.7 Å². The number of ether oxygens (including phenoxy) is 1. The number of hydrogen-bond donors (Lipinski definition) is 3. The van der Waals surface area contributed by atoms with Crippen molar-refractivity contribution in [3.05, 3.63) is 0 Å². The molecule has 0 aromatic rings. The van der Waals surface area contributed by atoms with Gasteiger partial charge in [0.25, 0.3) is 0 Å². The Balaban J connectivity index is 4.32. The van der Waals surface area contributed by atoms with Gasteiger partial charge in [-0.05, 0) is 20.3 Å². The van der Waals surface area contributed by atoms with E-state index in [1.807, 2.05) is 20.8 Å². The molecule has 0 aliphatic rings. The molecule has 0 radical (unpaired) electrons. The van der Waals surface area contributed by atoms with Crippen LogP contribution >= 0.6 is 0 Å². The van der Waals surface area contributed by atoms with Gasteiger partial charge in [0, 0.05) is 12.6 Å². The van der Waals surface area contributed by atoms with E-state index in [2.05, 4.69) is 10.5 Å². The van der Waals surface area contributed by atoms with Crippen LogP contribution in [0.1, 0.15) is 33.6 Å². The standard InChI is InChI=1S/C11H23N3O3/c1-4-6-9(10(12)14-16)11(15)13-8(3)7-17-5-2/h8-9,16H,4-7H2,1-3H3,(H2,12,14)(H,13,15). The fourth-order valence-electron chi connectivity index (χ4n) is 1.45. The van der Waals surface area contributed by atoms with Crippen LogP contribution in [0.2, 0.25) is 0 Å². The maximum absolute atomic E-state index is 11.9. The number of amidine groups is 1. The van der Waals surface area contributed by atoms with Crippen LogP contribution in [0.5, 0.6) is 0 Å². The van der Waals surface area contributed by atoms with Crippen LogP contribution in [-0.2, 0) is 9.53 Å². The fraction of sp³-hybridized carbons (Fsp3) is 0.818. The summed E-state index contributed by atoms with van der Waals surface area (Å²) < 4.78 is 5.20. The van der Waals surface area contributed by atoms with Crippen molar-refractivity contribution in [1.29, 1.82) is 0 Å². The fourth-order valence-corrected chi connectivity index (χ4v) is 1.45. The Morgan fingerprint density at radius 2 is 2.18 bits per heavy atom. The van der Waals surface area contributed by atoms with Gasteiger partial charge >= 0.3 is 0 Å². The molecule has 4 N–H and O–H groups in total. The Morgan fingerprint density at radius 1 is 1.53 bits per heavy atom. The van der Waals surface area contributed by atoms with Gasteiger partial charge in [-0.1, -0.05) is 18.5 Å². The molecule has 0 heterocycles.